The van der Waals surface area contributed by atoms with Gasteiger partial charge in [0.15, 0.2) is 0 Å². The molecular weight excluding hydrogens is 289 g/mol. The van der Waals surface area contributed by atoms with Gasteiger partial charge in [0.2, 0.25) is 0 Å². The molecule has 4 heteroatoms. The van der Waals surface area contributed by atoms with Crippen LogP contribution in [0.1, 0.15) is 0 Å². The van der Waals surface area contributed by atoms with Crippen LogP contribution in [-0.2, 0) is 0 Å². The van der Waals surface area contributed by atoms with Gasteiger partial charge in [0.1, 0.15) is 5.82 Å². The van der Waals surface area contributed by atoms with Crippen molar-refractivity contribution in [1.82, 2.24) is 9.97 Å². The van der Waals surface area contributed by atoms with E-state index in [1.807, 2.05) is 24.3 Å². The predicted molar refractivity (Wildman–Crippen MR) is 65.6 cm³/mol. The maximum Gasteiger partial charge on any atom is 0.123 e. The Morgan fingerprint density at radius 2 is 1.79 bits per heavy atom. The molecule has 0 aliphatic carbocycles. The lowest BCUT2D eigenvalue weighted by Gasteiger charge is -1.88. The van der Waals surface area contributed by atoms with Crippen LogP contribution in [0.2, 0.25) is 0 Å². The van der Waals surface area contributed by atoms with Crippen LogP contribution < -0.4 is 5.73 Å². The molecular formula is C10H10IN3. The predicted octanol–water partition coefficient (Wildman–Crippen LogP) is 2.35. The molecule has 2 N–H and O–H groups in total. The van der Waals surface area contributed by atoms with Crippen LogP contribution in [0.25, 0.3) is 0 Å². The number of aromatic nitrogens is 2. The zero-order chi connectivity index (χ0) is 10.2. The first-order chi connectivity index (χ1) is 6.79. The molecule has 0 saturated heterocycles. The van der Waals surface area contributed by atoms with E-state index >= 15 is 0 Å². The van der Waals surface area contributed by atoms with E-state index < -0.39 is 0 Å². The van der Waals surface area contributed by atoms with E-state index in [-0.39, 0.29) is 0 Å². The summed E-state index contributed by atoms with van der Waals surface area (Å²) >= 11 is 2.18. The lowest BCUT2D eigenvalue weighted by atomic mass is 10.5. The molecule has 0 aliphatic rings. The van der Waals surface area contributed by atoms with Crippen molar-refractivity contribution >= 4 is 28.4 Å². The lowest BCUT2D eigenvalue weighted by molar-refractivity contribution is 1.32. The molecule has 0 fully saturated rings. The van der Waals surface area contributed by atoms with Crippen LogP contribution >= 0.6 is 22.6 Å². The summed E-state index contributed by atoms with van der Waals surface area (Å²) in [7, 11) is 0. The number of nitrogen functional groups attached to an aromatic ring is 1. The third-order valence-electron chi connectivity index (χ3n) is 1.32. The van der Waals surface area contributed by atoms with Gasteiger partial charge in [-0.3, -0.25) is 4.98 Å². The normalized spacial score (nSPS) is 8.64. The Kier molecular flexibility index (Phi) is 4.92. The number of nitrogens with zero attached hydrogens (tertiary/aromatic N) is 2. The van der Waals surface area contributed by atoms with Crippen molar-refractivity contribution in [3.8, 4) is 0 Å². The van der Waals surface area contributed by atoms with Gasteiger partial charge in [-0.05, 0) is 46.9 Å². The largest absolute Gasteiger partial charge is 0.384 e. The van der Waals surface area contributed by atoms with Gasteiger partial charge in [0.25, 0.3) is 0 Å². The molecule has 0 aromatic carbocycles. The summed E-state index contributed by atoms with van der Waals surface area (Å²) < 4.78 is 1.11. The molecule has 14 heavy (non-hydrogen) atoms. The smallest absolute Gasteiger partial charge is 0.123 e. The van der Waals surface area contributed by atoms with Gasteiger partial charge < -0.3 is 5.73 Å². The number of rotatable bonds is 0. The fourth-order valence-corrected chi connectivity index (χ4v) is 1.02. The molecule has 0 unspecified atom stereocenters. The van der Waals surface area contributed by atoms with Gasteiger partial charge in [-0.2, -0.15) is 0 Å². The molecule has 2 aromatic heterocycles. The van der Waals surface area contributed by atoms with Crippen molar-refractivity contribution in [2.45, 2.75) is 0 Å². The second-order valence-corrected chi connectivity index (χ2v) is 3.67. The van der Waals surface area contributed by atoms with Gasteiger partial charge in [0.05, 0.1) is 0 Å². The van der Waals surface area contributed by atoms with E-state index in [2.05, 4.69) is 32.6 Å². The first-order valence-electron chi connectivity index (χ1n) is 4.01. The van der Waals surface area contributed by atoms with E-state index in [4.69, 9.17) is 5.73 Å². The van der Waals surface area contributed by atoms with Crippen LogP contribution in [0.3, 0.4) is 0 Å². The van der Waals surface area contributed by atoms with Crippen molar-refractivity contribution in [3.05, 3.63) is 52.5 Å². The second kappa shape index (κ2) is 6.31. The van der Waals surface area contributed by atoms with E-state index in [0.29, 0.717) is 5.82 Å². The van der Waals surface area contributed by atoms with Crippen LogP contribution in [0, 0.1) is 3.57 Å². The highest BCUT2D eigenvalue weighted by atomic mass is 127. The molecule has 2 rings (SSSR count). The Bertz CT molecular complexity index is 300. The zero-order valence-electron chi connectivity index (χ0n) is 7.47. The first kappa shape index (κ1) is 10.9. The van der Waals surface area contributed by atoms with Gasteiger partial charge in [-0.15, -0.1) is 0 Å². The zero-order valence-corrected chi connectivity index (χ0v) is 9.63. The standard InChI is InChI=1S/C5H5IN2.C5H5N/c6-4-1-2-5(7)8-3-4;1-2-4-6-5-3-1/h1-3H,(H2,7,8);1-5H. The average molecular weight is 299 g/mol. The van der Waals surface area contributed by atoms with E-state index in [9.17, 15) is 0 Å². The Morgan fingerprint density at radius 3 is 2.07 bits per heavy atom. The van der Waals surface area contributed by atoms with Crippen LogP contribution in [0.5, 0.6) is 0 Å². The molecule has 0 radical (unpaired) electrons. The van der Waals surface area contributed by atoms with Gasteiger partial charge in [-0.1, -0.05) is 6.07 Å². The Morgan fingerprint density at radius 1 is 1.07 bits per heavy atom. The summed E-state index contributed by atoms with van der Waals surface area (Å²) in [4.78, 5) is 7.63. The van der Waals surface area contributed by atoms with Crippen molar-refractivity contribution in [1.29, 1.82) is 0 Å². The van der Waals surface area contributed by atoms with E-state index in [0.717, 1.165) is 3.57 Å². The second-order valence-electron chi connectivity index (χ2n) is 2.43. The van der Waals surface area contributed by atoms with Crippen molar-refractivity contribution in [2.24, 2.45) is 0 Å². The molecule has 0 spiro atoms. The molecule has 0 aliphatic heterocycles. The molecule has 0 atom stereocenters. The highest BCUT2D eigenvalue weighted by molar-refractivity contribution is 14.1. The summed E-state index contributed by atoms with van der Waals surface area (Å²) in [6, 6.07) is 9.41. The minimum Gasteiger partial charge on any atom is -0.384 e. The number of nitrogens with two attached hydrogens (primary N) is 1. The summed E-state index contributed by atoms with van der Waals surface area (Å²) in [6.45, 7) is 0. The Balaban J connectivity index is 0.000000146. The summed E-state index contributed by atoms with van der Waals surface area (Å²) in [5, 5.41) is 0. The fraction of sp³-hybridized carbons (Fsp3) is 0. The third-order valence-corrected chi connectivity index (χ3v) is 1.95. The molecule has 3 nitrogen and oxygen atoms in total. The van der Waals surface area contributed by atoms with E-state index in [1.54, 1.807) is 24.7 Å². The monoisotopic (exact) mass is 299 g/mol. The van der Waals surface area contributed by atoms with E-state index in [1.165, 1.54) is 0 Å². The minimum absolute atomic E-state index is 0.574. The lowest BCUT2D eigenvalue weighted by Crippen LogP contribution is -1.87. The van der Waals surface area contributed by atoms with Crippen LogP contribution in [0.4, 0.5) is 5.82 Å². The molecule has 0 saturated carbocycles. The summed E-state index contributed by atoms with van der Waals surface area (Å²) in [6.07, 6.45) is 5.23. The number of hydrogen-bond donors (Lipinski definition) is 1. The Labute approximate surface area is 96.5 Å². The Hall–Kier alpha value is -1.17. The molecule has 2 aromatic rings. The summed E-state index contributed by atoms with van der Waals surface area (Å²) in [5.74, 6) is 0.574. The van der Waals surface area contributed by atoms with Crippen molar-refractivity contribution in [2.75, 3.05) is 5.73 Å². The van der Waals surface area contributed by atoms with Crippen LogP contribution in [0.15, 0.2) is 48.9 Å². The van der Waals surface area contributed by atoms with Gasteiger partial charge >= 0.3 is 0 Å². The topological polar surface area (TPSA) is 51.8 Å². The quantitative estimate of drug-likeness (QED) is 0.760. The van der Waals surface area contributed by atoms with Gasteiger partial charge in [0, 0.05) is 22.2 Å². The number of hydrogen-bond acceptors (Lipinski definition) is 3. The van der Waals surface area contributed by atoms with Crippen LogP contribution in [-0.4, -0.2) is 9.97 Å². The highest BCUT2D eigenvalue weighted by Crippen LogP contribution is 2.02. The number of pyridine rings is 2. The van der Waals surface area contributed by atoms with Crippen molar-refractivity contribution < 1.29 is 0 Å². The first-order valence-corrected chi connectivity index (χ1v) is 5.09. The molecule has 72 valence electrons. The van der Waals surface area contributed by atoms with Crippen molar-refractivity contribution in [3.63, 3.8) is 0 Å². The fourth-order valence-electron chi connectivity index (χ4n) is 0.700. The SMILES string of the molecule is Nc1ccc(I)cn1.c1ccncc1. The highest BCUT2D eigenvalue weighted by Gasteiger charge is 1.83. The maximum atomic E-state index is 5.31. The molecule has 0 bridgehead atoms. The molecule has 2 heterocycles. The summed E-state index contributed by atoms with van der Waals surface area (Å²) in [5.41, 5.74) is 5.31. The molecule has 0 amide bonds. The number of anilines is 1. The minimum atomic E-state index is 0.574. The maximum absolute atomic E-state index is 5.31. The third kappa shape index (κ3) is 4.76. The average Bonchev–Trinajstić information content (AvgIpc) is 2.26. The van der Waals surface area contributed by atoms with Gasteiger partial charge in [-0.25, -0.2) is 4.98 Å². The number of halogens is 1.